The van der Waals surface area contributed by atoms with Crippen LogP contribution in [0.5, 0.6) is 0 Å². The molecule has 0 unspecified atom stereocenters. The number of unbranched alkanes of at least 4 members (excludes halogenated alkanes) is 22. The van der Waals surface area contributed by atoms with Crippen molar-refractivity contribution in [2.75, 3.05) is 46.1 Å². The number of amides is 1. The van der Waals surface area contributed by atoms with E-state index in [-0.39, 0.29) is 23.3 Å². The summed E-state index contributed by atoms with van der Waals surface area (Å²) in [5, 5.41) is 0.193. The van der Waals surface area contributed by atoms with Crippen molar-refractivity contribution < 1.29 is 23.9 Å². The zero-order chi connectivity index (χ0) is 40.5. The monoisotopic (exact) mass is 795 g/mol. The summed E-state index contributed by atoms with van der Waals surface area (Å²) in [5.74, 6) is 0.695. The van der Waals surface area contributed by atoms with Gasteiger partial charge in [-0.15, -0.1) is 0 Å². The van der Waals surface area contributed by atoms with Crippen LogP contribution in [0.15, 0.2) is 12.2 Å². The van der Waals surface area contributed by atoms with Crippen molar-refractivity contribution >= 4 is 28.9 Å². The van der Waals surface area contributed by atoms with Crippen LogP contribution < -0.4 is 0 Å². The Morgan fingerprint density at radius 3 is 1.51 bits per heavy atom. The summed E-state index contributed by atoms with van der Waals surface area (Å²) in [4.78, 5) is 42.1. The lowest BCUT2D eigenvalue weighted by atomic mass is 10.0. The Labute approximate surface area is 345 Å². The Morgan fingerprint density at radius 1 is 0.527 bits per heavy atom. The van der Waals surface area contributed by atoms with Crippen molar-refractivity contribution in [1.82, 2.24) is 9.80 Å². The zero-order valence-corrected chi connectivity index (χ0v) is 37.8. The van der Waals surface area contributed by atoms with E-state index in [2.05, 4.69) is 36.6 Å². The summed E-state index contributed by atoms with van der Waals surface area (Å²) in [7, 11) is 4.09. The lowest BCUT2D eigenvalue weighted by molar-refractivity contribution is -0.150. The fourth-order valence-electron chi connectivity index (χ4n) is 6.81. The molecule has 8 heteroatoms. The Hall–Kier alpha value is -1.54. The summed E-state index contributed by atoms with van der Waals surface area (Å²) in [6.45, 7) is 9.61. The zero-order valence-electron chi connectivity index (χ0n) is 37.0. The van der Waals surface area contributed by atoms with Crippen LogP contribution in [0.1, 0.15) is 220 Å². The number of ether oxygens (including phenoxy) is 2. The minimum absolute atomic E-state index is 0.00959. The molecule has 324 valence electrons. The molecule has 0 aliphatic carbocycles. The van der Waals surface area contributed by atoms with Gasteiger partial charge in [-0.05, 0) is 78.3 Å². The lowest BCUT2D eigenvalue weighted by Gasteiger charge is -2.22. The van der Waals surface area contributed by atoms with Crippen LogP contribution in [0.2, 0.25) is 0 Å². The molecule has 1 amide bonds. The van der Waals surface area contributed by atoms with E-state index in [1.54, 1.807) is 0 Å². The molecule has 0 fully saturated rings. The molecule has 7 nitrogen and oxygen atoms in total. The maximum Gasteiger partial charge on any atom is 0.306 e. The maximum atomic E-state index is 13.1. The highest BCUT2D eigenvalue weighted by molar-refractivity contribution is 8.13. The molecule has 55 heavy (non-hydrogen) atoms. The van der Waals surface area contributed by atoms with E-state index >= 15 is 0 Å². The van der Waals surface area contributed by atoms with Gasteiger partial charge in [0.25, 0.3) is 5.24 Å². The van der Waals surface area contributed by atoms with Crippen molar-refractivity contribution in [1.29, 1.82) is 0 Å². The molecular weight excluding hydrogens is 705 g/mol. The highest BCUT2D eigenvalue weighted by atomic mass is 32.2. The van der Waals surface area contributed by atoms with Gasteiger partial charge >= 0.3 is 11.9 Å². The average molecular weight is 795 g/mol. The number of carbonyl (C=O) groups excluding carboxylic acids is 3. The van der Waals surface area contributed by atoms with Crippen LogP contribution in [0.25, 0.3) is 0 Å². The van der Waals surface area contributed by atoms with Crippen molar-refractivity contribution in [2.45, 2.75) is 226 Å². The minimum Gasteiger partial charge on any atom is -0.462 e. The Bertz CT molecular complexity index is 883. The summed E-state index contributed by atoms with van der Waals surface area (Å²) in [5.41, 5.74) is 0. The first-order chi connectivity index (χ1) is 26.8. The molecule has 0 N–H and O–H groups in total. The minimum atomic E-state index is -0.103. The summed E-state index contributed by atoms with van der Waals surface area (Å²) >= 11 is 1.44. The first-order valence-corrected chi connectivity index (χ1v) is 24.4. The van der Waals surface area contributed by atoms with E-state index < -0.39 is 0 Å². The molecule has 0 aromatic carbocycles. The first-order valence-electron chi connectivity index (χ1n) is 23.4. The number of carbonyl (C=O) groups is 3. The normalized spacial score (nSPS) is 11.6. The second-order valence-electron chi connectivity index (χ2n) is 16.2. The van der Waals surface area contributed by atoms with E-state index in [4.69, 9.17) is 9.47 Å². The van der Waals surface area contributed by atoms with Gasteiger partial charge in [-0.2, -0.15) is 0 Å². The molecule has 0 heterocycles. The topological polar surface area (TPSA) is 76.1 Å². The van der Waals surface area contributed by atoms with Crippen LogP contribution >= 0.6 is 11.8 Å². The van der Waals surface area contributed by atoms with Crippen molar-refractivity contribution in [3.8, 4) is 0 Å². The van der Waals surface area contributed by atoms with Crippen LogP contribution in [-0.4, -0.2) is 79.2 Å². The maximum absolute atomic E-state index is 13.1. The third-order valence-corrected chi connectivity index (χ3v) is 11.3. The van der Waals surface area contributed by atoms with Gasteiger partial charge in [0.2, 0.25) is 0 Å². The smallest absolute Gasteiger partial charge is 0.306 e. The van der Waals surface area contributed by atoms with Gasteiger partial charge in [0.1, 0.15) is 12.7 Å². The van der Waals surface area contributed by atoms with Crippen LogP contribution in [0.4, 0.5) is 4.79 Å². The molecule has 0 aliphatic rings. The van der Waals surface area contributed by atoms with Crippen molar-refractivity contribution in [2.24, 2.45) is 0 Å². The number of hydrogen-bond donors (Lipinski definition) is 0. The molecular formula is C47H90N2O5S. The van der Waals surface area contributed by atoms with Gasteiger partial charge in [0.15, 0.2) is 0 Å². The Morgan fingerprint density at radius 2 is 0.982 bits per heavy atom. The fraction of sp³-hybridized carbons (Fsp3) is 0.894. The SMILES string of the molecule is CCCCCC/C=C\COC(=O)CCCCCCCN(CCCCCCCC(=O)OC(CCCCCCCC)CCCCCCCC)C(=O)SCCN(C)C. The van der Waals surface area contributed by atoms with E-state index in [0.717, 1.165) is 109 Å². The van der Waals surface area contributed by atoms with Crippen molar-refractivity contribution in [3.05, 3.63) is 12.2 Å². The van der Waals surface area contributed by atoms with Gasteiger partial charge in [-0.1, -0.05) is 167 Å². The number of allylic oxidation sites excluding steroid dienone is 1. The largest absolute Gasteiger partial charge is 0.462 e. The molecule has 0 atom stereocenters. The fourth-order valence-corrected chi connectivity index (χ4v) is 7.80. The Balaban J connectivity index is 4.38. The molecule has 0 rings (SSSR count). The number of thioether (sulfide) groups is 1. The third kappa shape index (κ3) is 39.1. The number of hydrogen-bond acceptors (Lipinski definition) is 7. The molecule has 0 aromatic heterocycles. The van der Waals surface area contributed by atoms with Gasteiger partial charge in [0.05, 0.1) is 0 Å². The average Bonchev–Trinajstić information content (AvgIpc) is 3.16. The summed E-state index contributed by atoms with van der Waals surface area (Å²) < 4.78 is 11.4. The molecule has 0 aromatic rings. The van der Waals surface area contributed by atoms with Gasteiger partial charge in [-0.25, -0.2) is 0 Å². The quantitative estimate of drug-likeness (QED) is 0.0346. The number of esters is 2. The van der Waals surface area contributed by atoms with Crippen LogP contribution in [0, 0.1) is 0 Å². The molecule has 0 aliphatic heterocycles. The predicted molar refractivity (Wildman–Crippen MR) is 238 cm³/mol. The molecule has 0 bridgehead atoms. The molecule has 0 saturated heterocycles. The van der Waals surface area contributed by atoms with Crippen LogP contribution in [0.3, 0.4) is 0 Å². The Kier molecular flexibility index (Phi) is 40.9. The van der Waals surface area contributed by atoms with Gasteiger partial charge in [-0.3, -0.25) is 14.4 Å². The van der Waals surface area contributed by atoms with Crippen molar-refractivity contribution in [3.63, 3.8) is 0 Å². The standard InChI is InChI=1S/C47H90N2O5S/c1-6-9-12-15-18-27-34-42-53-45(50)37-30-23-19-25-32-39-49(47(52)55-43-41-48(4)5)40-33-26-20-24-31-38-46(51)54-44(35-28-21-16-13-10-7-2)36-29-22-17-14-11-8-3/h27,34,44H,6-26,28-33,35-43H2,1-5H3/b34-27-. The molecule has 0 spiro atoms. The molecule has 0 radical (unpaired) electrons. The third-order valence-electron chi connectivity index (χ3n) is 10.4. The second kappa shape index (κ2) is 42.1. The van der Waals surface area contributed by atoms with Crippen LogP contribution in [-0.2, 0) is 19.1 Å². The van der Waals surface area contributed by atoms with Gasteiger partial charge < -0.3 is 19.3 Å². The number of nitrogens with zero attached hydrogens (tertiary/aromatic N) is 2. The highest BCUT2D eigenvalue weighted by Gasteiger charge is 2.16. The first kappa shape index (κ1) is 53.5. The van der Waals surface area contributed by atoms with E-state index in [0.29, 0.717) is 19.4 Å². The summed E-state index contributed by atoms with van der Waals surface area (Å²) in [6, 6.07) is 0. The van der Waals surface area contributed by atoms with E-state index in [1.807, 2.05) is 20.2 Å². The molecule has 0 saturated carbocycles. The summed E-state index contributed by atoms with van der Waals surface area (Å²) in [6.07, 6.45) is 38.7. The lowest BCUT2D eigenvalue weighted by Crippen LogP contribution is -2.30. The number of rotatable bonds is 41. The highest BCUT2D eigenvalue weighted by Crippen LogP contribution is 2.19. The van der Waals surface area contributed by atoms with E-state index in [9.17, 15) is 14.4 Å². The second-order valence-corrected chi connectivity index (χ2v) is 17.2. The van der Waals surface area contributed by atoms with E-state index in [1.165, 1.54) is 114 Å². The predicted octanol–water partition coefficient (Wildman–Crippen LogP) is 13.9. The van der Waals surface area contributed by atoms with Gasteiger partial charge in [0, 0.05) is 38.2 Å².